The first-order valence-electron chi connectivity index (χ1n) is 3.27. The fourth-order valence-electron chi connectivity index (χ4n) is 0.525. The van der Waals surface area contributed by atoms with Crippen LogP contribution >= 0.6 is 11.8 Å². The molecule has 0 aliphatic carbocycles. The van der Waals surface area contributed by atoms with Crippen molar-refractivity contribution in [3.63, 3.8) is 0 Å². The van der Waals surface area contributed by atoms with Gasteiger partial charge in [0.1, 0.15) is 0 Å². The molecule has 0 bridgehead atoms. The molecule has 0 aromatic heterocycles. The Labute approximate surface area is 66.6 Å². The van der Waals surface area contributed by atoms with E-state index in [-0.39, 0.29) is 0 Å². The zero-order valence-electron chi connectivity index (χ0n) is 6.48. The molecule has 0 saturated heterocycles. The van der Waals surface area contributed by atoms with Crippen molar-refractivity contribution in [3.05, 3.63) is 11.8 Å². The van der Waals surface area contributed by atoms with E-state index in [4.69, 9.17) is 5.41 Å². The zero-order chi connectivity index (χ0) is 7.82. The lowest BCUT2D eigenvalue weighted by Gasteiger charge is -1.98. The molecule has 0 aromatic rings. The normalized spacial score (nSPS) is 11.2. The highest BCUT2D eigenvalue weighted by molar-refractivity contribution is 7.98. The molecule has 0 unspecified atom stereocenters. The fraction of sp³-hybridized carbons (Fsp3) is 0.571. The van der Waals surface area contributed by atoms with Gasteiger partial charge >= 0.3 is 0 Å². The van der Waals surface area contributed by atoms with Crippen molar-refractivity contribution in [1.29, 1.82) is 5.41 Å². The van der Waals surface area contributed by atoms with Gasteiger partial charge in [-0.05, 0) is 18.8 Å². The van der Waals surface area contributed by atoms with Gasteiger partial charge in [0.2, 0.25) is 0 Å². The molecule has 0 spiro atoms. The highest BCUT2D eigenvalue weighted by Gasteiger charge is 1.88. The summed E-state index contributed by atoms with van der Waals surface area (Å²) < 4.78 is 0. The summed E-state index contributed by atoms with van der Waals surface area (Å²) in [6, 6.07) is 0. The minimum Gasteiger partial charge on any atom is -0.391 e. The molecule has 0 fully saturated rings. The average Bonchev–Trinajstić information content (AvgIpc) is 1.98. The summed E-state index contributed by atoms with van der Waals surface area (Å²) in [6.45, 7) is 2.96. The molecule has 0 aromatic carbocycles. The molecule has 10 heavy (non-hydrogen) atoms. The predicted octanol–water partition coefficient (Wildman–Crippen LogP) is 1.49. The molecule has 3 heteroatoms. The number of hydrogen-bond donors (Lipinski definition) is 2. The SMILES string of the molecule is CCN/C=C(\C=N)CSC. The van der Waals surface area contributed by atoms with Gasteiger partial charge in [-0.15, -0.1) is 0 Å². The Balaban J connectivity index is 3.66. The van der Waals surface area contributed by atoms with E-state index in [1.807, 2.05) is 19.4 Å². The predicted molar refractivity (Wildman–Crippen MR) is 48.9 cm³/mol. The molecule has 58 valence electrons. The molecule has 0 rings (SSSR count). The third kappa shape index (κ3) is 4.44. The van der Waals surface area contributed by atoms with E-state index in [1.165, 1.54) is 6.21 Å². The van der Waals surface area contributed by atoms with Gasteiger partial charge in [0.15, 0.2) is 0 Å². The van der Waals surface area contributed by atoms with Crippen molar-refractivity contribution >= 4 is 18.0 Å². The lowest BCUT2D eigenvalue weighted by Crippen LogP contribution is -2.05. The van der Waals surface area contributed by atoms with Gasteiger partial charge in [-0.2, -0.15) is 11.8 Å². The van der Waals surface area contributed by atoms with Crippen LogP contribution in [-0.4, -0.2) is 24.8 Å². The first kappa shape index (κ1) is 9.56. The maximum absolute atomic E-state index is 7.00. The number of nitrogens with one attached hydrogen (secondary N) is 2. The minimum absolute atomic E-state index is 0.913. The van der Waals surface area contributed by atoms with Crippen molar-refractivity contribution in [2.45, 2.75) is 6.92 Å². The largest absolute Gasteiger partial charge is 0.391 e. The van der Waals surface area contributed by atoms with Gasteiger partial charge in [0.25, 0.3) is 0 Å². The summed E-state index contributed by atoms with van der Waals surface area (Å²) >= 11 is 1.73. The maximum atomic E-state index is 7.00. The van der Waals surface area contributed by atoms with E-state index in [0.29, 0.717) is 0 Å². The fourth-order valence-corrected chi connectivity index (χ4v) is 1.02. The number of thioether (sulfide) groups is 1. The second-order valence-corrected chi connectivity index (χ2v) is 2.72. The van der Waals surface area contributed by atoms with Crippen molar-refractivity contribution in [3.8, 4) is 0 Å². The van der Waals surface area contributed by atoms with E-state index in [0.717, 1.165) is 17.9 Å². The smallest absolute Gasteiger partial charge is 0.0232 e. The standard InChI is InChI=1S/C7H14N2S/c1-3-9-5-7(4-8)6-10-2/h4-5,8-9H,3,6H2,1-2H3/b7-5+,8-4?. The summed E-state index contributed by atoms with van der Waals surface area (Å²) in [5.74, 6) is 0.913. The summed E-state index contributed by atoms with van der Waals surface area (Å²) in [7, 11) is 0. The van der Waals surface area contributed by atoms with Gasteiger partial charge < -0.3 is 10.7 Å². The lowest BCUT2D eigenvalue weighted by molar-refractivity contribution is 0.914. The van der Waals surface area contributed by atoms with Crippen LogP contribution in [0, 0.1) is 5.41 Å². The van der Waals surface area contributed by atoms with Gasteiger partial charge in [-0.25, -0.2) is 0 Å². The molecule has 0 saturated carbocycles. The van der Waals surface area contributed by atoms with Crippen molar-refractivity contribution in [2.75, 3.05) is 18.6 Å². The first-order chi connectivity index (χ1) is 4.85. The molecule has 0 aliphatic heterocycles. The topological polar surface area (TPSA) is 35.9 Å². The van der Waals surface area contributed by atoms with E-state index < -0.39 is 0 Å². The Morgan fingerprint density at radius 2 is 2.40 bits per heavy atom. The van der Waals surface area contributed by atoms with E-state index in [9.17, 15) is 0 Å². The lowest BCUT2D eigenvalue weighted by atomic mass is 10.4. The van der Waals surface area contributed by atoms with Crippen molar-refractivity contribution in [1.82, 2.24) is 5.32 Å². The molecule has 0 radical (unpaired) electrons. The molecule has 0 amide bonds. The van der Waals surface area contributed by atoms with Crippen LogP contribution in [0.15, 0.2) is 11.8 Å². The quantitative estimate of drug-likeness (QED) is 0.595. The second kappa shape index (κ2) is 6.68. The monoisotopic (exact) mass is 158 g/mol. The van der Waals surface area contributed by atoms with Gasteiger partial charge in [-0.3, -0.25) is 0 Å². The molecule has 0 aliphatic rings. The van der Waals surface area contributed by atoms with Crippen LogP contribution in [0.25, 0.3) is 0 Å². The van der Waals surface area contributed by atoms with Crippen LogP contribution in [0.5, 0.6) is 0 Å². The molecule has 0 heterocycles. The maximum Gasteiger partial charge on any atom is 0.0232 e. The molecule has 2 N–H and O–H groups in total. The Kier molecular flexibility index (Phi) is 6.38. The van der Waals surface area contributed by atoms with Gasteiger partial charge in [0.05, 0.1) is 0 Å². The van der Waals surface area contributed by atoms with E-state index >= 15 is 0 Å². The van der Waals surface area contributed by atoms with E-state index in [1.54, 1.807) is 11.8 Å². The summed E-state index contributed by atoms with van der Waals surface area (Å²) in [4.78, 5) is 0. The molecule has 2 nitrogen and oxygen atoms in total. The Hall–Kier alpha value is -0.440. The van der Waals surface area contributed by atoms with Crippen LogP contribution in [-0.2, 0) is 0 Å². The number of rotatable bonds is 5. The van der Waals surface area contributed by atoms with Crippen LogP contribution < -0.4 is 5.32 Å². The highest BCUT2D eigenvalue weighted by Crippen LogP contribution is 1.99. The van der Waals surface area contributed by atoms with E-state index in [2.05, 4.69) is 5.32 Å². The second-order valence-electron chi connectivity index (χ2n) is 1.85. The zero-order valence-corrected chi connectivity index (χ0v) is 7.29. The Bertz CT molecular complexity index is 121. The van der Waals surface area contributed by atoms with Crippen LogP contribution in [0.2, 0.25) is 0 Å². The number of hydrogen-bond acceptors (Lipinski definition) is 3. The average molecular weight is 158 g/mol. The first-order valence-corrected chi connectivity index (χ1v) is 4.66. The van der Waals surface area contributed by atoms with Crippen molar-refractivity contribution < 1.29 is 0 Å². The van der Waals surface area contributed by atoms with Gasteiger partial charge in [0, 0.05) is 24.7 Å². The summed E-state index contributed by atoms with van der Waals surface area (Å²) in [5.41, 5.74) is 1.04. The molecular weight excluding hydrogens is 144 g/mol. The van der Waals surface area contributed by atoms with Crippen LogP contribution in [0.4, 0.5) is 0 Å². The molecule has 0 atom stereocenters. The Morgan fingerprint density at radius 1 is 1.70 bits per heavy atom. The van der Waals surface area contributed by atoms with Crippen molar-refractivity contribution in [2.24, 2.45) is 0 Å². The third-order valence-corrected chi connectivity index (χ3v) is 1.61. The highest BCUT2D eigenvalue weighted by atomic mass is 32.2. The third-order valence-electron chi connectivity index (χ3n) is 0.988. The Morgan fingerprint density at radius 3 is 2.80 bits per heavy atom. The summed E-state index contributed by atoms with van der Waals surface area (Å²) in [5, 5.41) is 10.1. The minimum atomic E-state index is 0.913. The van der Waals surface area contributed by atoms with Gasteiger partial charge in [-0.1, -0.05) is 0 Å². The summed E-state index contributed by atoms with van der Waals surface area (Å²) in [6.07, 6.45) is 5.31. The molecular formula is C7H14N2S. The van der Waals surface area contributed by atoms with Crippen LogP contribution in [0.1, 0.15) is 6.92 Å². The van der Waals surface area contributed by atoms with Crippen LogP contribution in [0.3, 0.4) is 0 Å².